The molecule has 0 amide bonds. The standard InChI is InChI=1S/C15H21N3O/c1-12-5-7-14(8-6-12)17-15-16-13(2)11-18(15)9-4-10-19-3/h5-8,11H,4,9-10H2,1-3H3,(H,16,17). The molecule has 102 valence electrons. The van der Waals surface area contributed by atoms with Gasteiger partial charge >= 0.3 is 0 Å². The first-order chi connectivity index (χ1) is 9.19. The molecule has 0 aliphatic heterocycles. The van der Waals surface area contributed by atoms with E-state index in [1.54, 1.807) is 7.11 Å². The summed E-state index contributed by atoms with van der Waals surface area (Å²) in [6, 6.07) is 8.32. The van der Waals surface area contributed by atoms with Crippen molar-refractivity contribution in [3.05, 3.63) is 41.7 Å². The van der Waals surface area contributed by atoms with Crippen molar-refractivity contribution < 1.29 is 4.74 Å². The fraction of sp³-hybridized carbons (Fsp3) is 0.400. The molecule has 0 spiro atoms. The summed E-state index contributed by atoms with van der Waals surface area (Å²) in [5.74, 6) is 0.887. The average molecular weight is 259 g/mol. The number of methoxy groups -OCH3 is 1. The molecule has 4 nitrogen and oxygen atoms in total. The molecule has 0 bridgehead atoms. The zero-order valence-electron chi connectivity index (χ0n) is 11.8. The summed E-state index contributed by atoms with van der Waals surface area (Å²) in [7, 11) is 1.73. The van der Waals surface area contributed by atoms with E-state index in [4.69, 9.17) is 4.74 Å². The smallest absolute Gasteiger partial charge is 0.207 e. The zero-order valence-corrected chi connectivity index (χ0v) is 11.8. The molecule has 1 aromatic carbocycles. The Morgan fingerprint density at radius 2 is 1.95 bits per heavy atom. The van der Waals surface area contributed by atoms with Crippen LogP contribution in [-0.4, -0.2) is 23.3 Å². The van der Waals surface area contributed by atoms with E-state index in [-0.39, 0.29) is 0 Å². The molecule has 0 fully saturated rings. The lowest BCUT2D eigenvalue weighted by molar-refractivity contribution is 0.190. The second-order valence-corrected chi connectivity index (χ2v) is 4.74. The highest BCUT2D eigenvalue weighted by atomic mass is 16.5. The minimum absolute atomic E-state index is 0.765. The Hall–Kier alpha value is -1.81. The van der Waals surface area contributed by atoms with Crippen molar-refractivity contribution in [2.45, 2.75) is 26.8 Å². The number of benzene rings is 1. The van der Waals surface area contributed by atoms with Crippen LogP contribution in [0.3, 0.4) is 0 Å². The zero-order chi connectivity index (χ0) is 13.7. The van der Waals surface area contributed by atoms with Crippen LogP contribution in [0.1, 0.15) is 17.7 Å². The van der Waals surface area contributed by atoms with Crippen molar-refractivity contribution in [1.29, 1.82) is 0 Å². The number of imidazole rings is 1. The molecule has 4 heteroatoms. The van der Waals surface area contributed by atoms with E-state index in [1.807, 2.05) is 6.92 Å². The van der Waals surface area contributed by atoms with Crippen LogP contribution >= 0.6 is 0 Å². The van der Waals surface area contributed by atoms with E-state index in [0.717, 1.165) is 36.9 Å². The predicted octanol–water partition coefficient (Wildman–Crippen LogP) is 3.28. The van der Waals surface area contributed by atoms with Gasteiger partial charge in [0.05, 0.1) is 5.69 Å². The van der Waals surface area contributed by atoms with Crippen molar-refractivity contribution in [1.82, 2.24) is 9.55 Å². The summed E-state index contributed by atoms with van der Waals surface area (Å²) in [5, 5.41) is 3.36. The van der Waals surface area contributed by atoms with Crippen LogP contribution in [0.4, 0.5) is 11.6 Å². The molecule has 0 saturated heterocycles. The Labute approximate surface area is 114 Å². The molecule has 0 atom stereocenters. The highest BCUT2D eigenvalue weighted by molar-refractivity contribution is 5.54. The van der Waals surface area contributed by atoms with Gasteiger partial charge in [-0.2, -0.15) is 0 Å². The third kappa shape index (κ3) is 3.83. The van der Waals surface area contributed by atoms with E-state index >= 15 is 0 Å². The number of nitrogens with one attached hydrogen (secondary N) is 1. The van der Waals surface area contributed by atoms with Crippen molar-refractivity contribution in [2.75, 3.05) is 19.0 Å². The van der Waals surface area contributed by atoms with Crippen LogP contribution in [0.2, 0.25) is 0 Å². The van der Waals surface area contributed by atoms with Crippen LogP contribution in [0.15, 0.2) is 30.5 Å². The summed E-state index contributed by atoms with van der Waals surface area (Å²) in [4.78, 5) is 4.52. The predicted molar refractivity (Wildman–Crippen MR) is 77.9 cm³/mol. The topological polar surface area (TPSA) is 39.1 Å². The fourth-order valence-corrected chi connectivity index (χ4v) is 1.96. The lowest BCUT2D eigenvalue weighted by Crippen LogP contribution is -2.05. The molecular formula is C15H21N3O. The van der Waals surface area contributed by atoms with Gasteiger partial charge < -0.3 is 14.6 Å². The van der Waals surface area contributed by atoms with Gasteiger partial charge in [0.15, 0.2) is 0 Å². The Morgan fingerprint density at radius 3 is 2.63 bits per heavy atom. The Kier molecular flexibility index (Phi) is 4.58. The first kappa shape index (κ1) is 13.6. The number of aryl methyl sites for hydroxylation is 3. The third-order valence-electron chi connectivity index (χ3n) is 2.95. The van der Waals surface area contributed by atoms with Crippen LogP contribution in [0.5, 0.6) is 0 Å². The molecule has 1 N–H and O–H groups in total. The fourth-order valence-electron chi connectivity index (χ4n) is 1.96. The number of hydrogen-bond donors (Lipinski definition) is 1. The van der Waals surface area contributed by atoms with E-state index in [0.29, 0.717) is 0 Å². The van der Waals surface area contributed by atoms with Crippen LogP contribution in [0.25, 0.3) is 0 Å². The molecule has 1 aromatic heterocycles. The molecule has 0 unspecified atom stereocenters. The van der Waals surface area contributed by atoms with Gasteiger partial charge in [0.2, 0.25) is 5.95 Å². The highest BCUT2D eigenvalue weighted by Gasteiger charge is 2.05. The van der Waals surface area contributed by atoms with E-state index in [1.165, 1.54) is 5.56 Å². The summed E-state index contributed by atoms with van der Waals surface area (Å²) >= 11 is 0. The maximum Gasteiger partial charge on any atom is 0.207 e. The van der Waals surface area contributed by atoms with Crippen LogP contribution in [-0.2, 0) is 11.3 Å². The van der Waals surface area contributed by atoms with Crippen LogP contribution in [0, 0.1) is 13.8 Å². The lowest BCUT2D eigenvalue weighted by Gasteiger charge is -2.09. The quantitative estimate of drug-likeness (QED) is 0.809. The monoisotopic (exact) mass is 259 g/mol. The third-order valence-corrected chi connectivity index (χ3v) is 2.95. The van der Waals surface area contributed by atoms with E-state index < -0.39 is 0 Å². The van der Waals surface area contributed by atoms with Crippen molar-refractivity contribution in [3.8, 4) is 0 Å². The van der Waals surface area contributed by atoms with Gasteiger partial charge in [-0.15, -0.1) is 0 Å². The molecule has 0 aliphatic rings. The van der Waals surface area contributed by atoms with Gasteiger partial charge in [-0.1, -0.05) is 17.7 Å². The normalized spacial score (nSPS) is 10.7. The molecule has 0 saturated carbocycles. The first-order valence-corrected chi connectivity index (χ1v) is 6.55. The lowest BCUT2D eigenvalue weighted by atomic mass is 10.2. The second kappa shape index (κ2) is 6.38. The Balaban J connectivity index is 2.08. The molecule has 19 heavy (non-hydrogen) atoms. The van der Waals surface area contributed by atoms with Gasteiger partial charge in [-0.25, -0.2) is 4.98 Å². The highest BCUT2D eigenvalue weighted by Crippen LogP contribution is 2.17. The van der Waals surface area contributed by atoms with Crippen molar-refractivity contribution in [3.63, 3.8) is 0 Å². The molecular weight excluding hydrogens is 238 g/mol. The van der Waals surface area contributed by atoms with Crippen LogP contribution < -0.4 is 5.32 Å². The summed E-state index contributed by atoms with van der Waals surface area (Å²) in [6.07, 6.45) is 3.04. The molecule has 2 aromatic rings. The summed E-state index contributed by atoms with van der Waals surface area (Å²) < 4.78 is 7.22. The largest absolute Gasteiger partial charge is 0.385 e. The maximum absolute atomic E-state index is 5.09. The Bertz CT molecular complexity index is 517. The van der Waals surface area contributed by atoms with Gasteiger partial charge in [-0.05, 0) is 32.4 Å². The SMILES string of the molecule is COCCCn1cc(C)nc1Nc1ccc(C)cc1. The van der Waals surface area contributed by atoms with Gasteiger partial charge in [-0.3, -0.25) is 0 Å². The van der Waals surface area contributed by atoms with Gasteiger partial charge in [0.1, 0.15) is 0 Å². The minimum atomic E-state index is 0.765. The van der Waals surface area contributed by atoms with Crippen molar-refractivity contribution in [2.24, 2.45) is 0 Å². The average Bonchev–Trinajstić information content (AvgIpc) is 2.73. The maximum atomic E-state index is 5.09. The molecule has 2 rings (SSSR count). The number of aromatic nitrogens is 2. The summed E-state index contributed by atoms with van der Waals surface area (Å²) in [5.41, 5.74) is 3.33. The number of hydrogen-bond acceptors (Lipinski definition) is 3. The number of rotatable bonds is 6. The summed E-state index contributed by atoms with van der Waals surface area (Å²) in [6.45, 7) is 5.76. The first-order valence-electron chi connectivity index (χ1n) is 6.55. The van der Waals surface area contributed by atoms with Crippen molar-refractivity contribution >= 4 is 11.6 Å². The Morgan fingerprint density at radius 1 is 1.21 bits per heavy atom. The molecule has 1 heterocycles. The molecule has 0 radical (unpaired) electrons. The minimum Gasteiger partial charge on any atom is -0.385 e. The second-order valence-electron chi connectivity index (χ2n) is 4.74. The van der Waals surface area contributed by atoms with E-state index in [2.05, 4.69) is 52.3 Å². The van der Waals surface area contributed by atoms with Gasteiger partial charge in [0, 0.05) is 32.1 Å². The van der Waals surface area contributed by atoms with Gasteiger partial charge in [0.25, 0.3) is 0 Å². The number of nitrogens with zero attached hydrogens (tertiary/aromatic N) is 2. The molecule has 0 aliphatic carbocycles. The number of ether oxygens (including phenoxy) is 1. The van der Waals surface area contributed by atoms with E-state index in [9.17, 15) is 0 Å². The number of anilines is 2.